The number of hydrogen-bond acceptors (Lipinski definition) is 3. The predicted octanol–water partition coefficient (Wildman–Crippen LogP) is 2.38. The van der Waals surface area contributed by atoms with Crippen molar-refractivity contribution in [3.05, 3.63) is 23.8 Å². The van der Waals surface area contributed by atoms with Crippen LogP contribution in [0.5, 0.6) is 11.5 Å². The molecule has 1 rings (SSSR count). The van der Waals surface area contributed by atoms with Crippen LogP contribution in [0.1, 0.15) is 25.3 Å². The largest absolute Gasteiger partial charge is 0.493 e. The molecule has 0 aromatic heterocycles. The van der Waals surface area contributed by atoms with Crippen molar-refractivity contribution < 1.29 is 9.47 Å². The Bertz CT molecular complexity index is 313. The van der Waals surface area contributed by atoms with Crippen molar-refractivity contribution in [2.75, 3.05) is 20.3 Å². The molecule has 0 heterocycles. The average molecular weight is 223 g/mol. The van der Waals surface area contributed by atoms with Gasteiger partial charge in [0.2, 0.25) is 0 Å². The molecule has 0 fully saturated rings. The fraction of sp³-hybridized carbons (Fsp3) is 0.538. The number of hydrogen-bond donors (Lipinski definition) is 1. The van der Waals surface area contributed by atoms with Crippen LogP contribution in [-0.4, -0.2) is 20.3 Å². The maximum absolute atomic E-state index is 5.74. The smallest absolute Gasteiger partial charge is 0.164 e. The van der Waals surface area contributed by atoms with Crippen LogP contribution in [0.4, 0.5) is 0 Å². The average Bonchev–Trinajstić information content (AvgIpc) is 2.33. The summed E-state index contributed by atoms with van der Waals surface area (Å²) in [4.78, 5) is 0. The van der Waals surface area contributed by atoms with Crippen LogP contribution in [0, 0.1) is 0 Å². The highest BCUT2D eigenvalue weighted by molar-refractivity contribution is 5.46. The topological polar surface area (TPSA) is 44.5 Å². The molecule has 0 atom stereocenters. The second-order valence-electron chi connectivity index (χ2n) is 3.69. The van der Waals surface area contributed by atoms with Gasteiger partial charge < -0.3 is 15.2 Å². The molecule has 0 aliphatic rings. The molecule has 0 spiro atoms. The zero-order chi connectivity index (χ0) is 11.8. The summed E-state index contributed by atoms with van der Waals surface area (Å²) >= 11 is 0. The van der Waals surface area contributed by atoms with Crippen LogP contribution < -0.4 is 15.2 Å². The van der Waals surface area contributed by atoms with Gasteiger partial charge in [-0.05, 0) is 37.4 Å². The van der Waals surface area contributed by atoms with Crippen molar-refractivity contribution in [1.82, 2.24) is 0 Å². The van der Waals surface area contributed by atoms with Gasteiger partial charge >= 0.3 is 0 Å². The molecule has 0 saturated heterocycles. The molecule has 0 radical (unpaired) electrons. The van der Waals surface area contributed by atoms with E-state index in [1.165, 1.54) is 5.56 Å². The number of aryl methyl sites for hydroxylation is 1. The zero-order valence-corrected chi connectivity index (χ0v) is 10.2. The molecular formula is C13H21NO2. The summed E-state index contributed by atoms with van der Waals surface area (Å²) in [6, 6.07) is 5.99. The number of nitrogens with two attached hydrogens (primary N) is 1. The Hall–Kier alpha value is -1.22. The number of benzene rings is 1. The standard InChI is InChI=1S/C13H21NO2/c1-3-10-16-13-11(7-5-9-14)6-4-8-12(13)15-2/h4,6,8H,3,5,7,9-10,14H2,1-2H3. The molecule has 0 unspecified atom stereocenters. The van der Waals surface area contributed by atoms with Gasteiger partial charge in [-0.15, -0.1) is 0 Å². The molecule has 3 heteroatoms. The molecule has 1 aromatic carbocycles. The summed E-state index contributed by atoms with van der Waals surface area (Å²) in [6.45, 7) is 3.51. The minimum absolute atomic E-state index is 0.699. The Kier molecular flexibility index (Phi) is 5.72. The van der Waals surface area contributed by atoms with E-state index in [4.69, 9.17) is 15.2 Å². The highest BCUT2D eigenvalue weighted by Gasteiger charge is 2.09. The third-order valence-corrected chi connectivity index (χ3v) is 2.38. The highest BCUT2D eigenvalue weighted by Crippen LogP contribution is 2.31. The number of rotatable bonds is 7. The van der Waals surface area contributed by atoms with Crippen molar-refractivity contribution >= 4 is 0 Å². The first-order valence-electron chi connectivity index (χ1n) is 5.82. The van der Waals surface area contributed by atoms with Crippen molar-refractivity contribution in [2.24, 2.45) is 5.73 Å². The molecule has 0 bridgehead atoms. The summed E-state index contributed by atoms with van der Waals surface area (Å²) in [6.07, 6.45) is 2.90. The summed E-state index contributed by atoms with van der Waals surface area (Å²) in [5.41, 5.74) is 6.70. The summed E-state index contributed by atoms with van der Waals surface area (Å²) < 4.78 is 11.0. The molecule has 1 aromatic rings. The van der Waals surface area contributed by atoms with E-state index in [0.717, 1.165) is 37.4 Å². The van der Waals surface area contributed by atoms with Crippen LogP contribution in [-0.2, 0) is 6.42 Å². The summed E-state index contributed by atoms with van der Waals surface area (Å²) in [5, 5.41) is 0. The van der Waals surface area contributed by atoms with E-state index in [0.29, 0.717) is 6.54 Å². The van der Waals surface area contributed by atoms with E-state index >= 15 is 0 Å². The maximum Gasteiger partial charge on any atom is 0.164 e. The Morgan fingerprint density at radius 3 is 2.75 bits per heavy atom. The van der Waals surface area contributed by atoms with E-state index in [1.807, 2.05) is 12.1 Å². The Labute approximate surface area is 97.6 Å². The lowest BCUT2D eigenvalue weighted by atomic mass is 10.1. The molecule has 90 valence electrons. The number of para-hydroxylation sites is 1. The normalized spacial score (nSPS) is 10.2. The zero-order valence-electron chi connectivity index (χ0n) is 10.2. The summed E-state index contributed by atoms with van der Waals surface area (Å²) in [5.74, 6) is 1.68. The third-order valence-electron chi connectivity index (χ3n) is 2.38. The Morgan fingerprint density at radius 1 is 1.31 bits per heavy atom. The minimum Gasteiger partial charge on any atom is -0.493 e. The van der Waals surface area contributed by atoms with Gasteiger partial charge in [0.15, 0.2) is 11.5 Å². The first-order chi connectivity index (χ1) is 7.83. The van der Waals surface area contributed by atoms with Crippen molar-refractivity contribution in [1.29, 1.82) is 0 Å². The second kappa shape index (κ2) is 7.12. The summed E-state index contributed by atoms with van der Waals surface area (Å²) in [7, 11) is 1.67. The van der Waals surface area contributed by atoms with Gasteiger partial charge in [0.05, 0.1) is 13.7 Å². The van der Waals surface area contributed by atoms with Crippen molar-refractivity contribution in [3.63, 3.8) is 0 Å². The van der Waals surface area contributed by atoms with Crippen molar-refractivity contribution in [3.8, 4) is 11.5 Å². The van der Waals surface area contributed by atoms with Gasteiger partial charge in [-0.25, -0.2) is 0 Å². The monoisotopic (exact) mass is 223 g/mol. The van der Waals surface area contributed by atoms with E-state index in [1.54, 1.807) is 7.11 Å². The van der Waals surface area contributed by atoms with Gasteiger partial charge in [0, 0.05) is 0 Å². The van der Waals surface area contributed by atoms with Crippen LogP contribution in [0.3, 0.4) is 0 Å². The quantitative estimate of drug-likeness (QED) is 0.772. The highest BCUT2D eigenvalue weighted by atomic mass is 16.5. The molecule has 0 aliphatic heterocycles. The molecule has 0 aliphatic carbocycles. The second-order valence-corrected chi connectivity index (χ2v) is 3.69. The predicted molar refractivity (Wildman–Crippen MR) is 66.2 cm³/mol. The van der Waals surface area contributed by atoms with E-state index in [9.17, 15) is 0 Å². The lowest BCUT2D eigenvalue weighted by molar-refractivity contribution is 0.291. The van der Waals surface area contributed by atoms with Gasteiger partial charge in [0.1, 0.15) is 0 Å². The van der Waals surface area contributed by atoms with Gasteiger partial charge in [-0.3, -0.25) is 0 Å². The molecule has 2 N–H and O–H groups in total. The number of ether oxygens (including phenoxy) is 2. The molecule has 0 saturated carbocycles. The fourth-order valence-electron chi connectivity index (χ4n) is 1.58. The minimum atomic E-state index is 0.699. The molecule has 16 heavy (non-hydrogen) atoms. The van der Waals surface area contributed by atoms with Crippen LogP contribution >= 0.6 is 0 Å². The first kappa shape index (κ1) is 12.8. The van der Waals surface area contributed by atoms with Crippen LogP contribution in [0.2, 0.25) is 0 Å². The maximum atomic E-state index is 5.74. The van der Waals surface area contributed by atoms with E-state index in [2.05, 4.69) is 13.0 Å². The Balaban J connectivity index is 2.86. The van der Waals surface area contributed by atoms with Gasteiger partial charge in [-0.2, -0.15) is 0 Å². The fourth-order valence-corrected chi connectivity index (χ4v) is 1.58. The van der Waals surface area contributed by atoms with E-state index in [-0.39, 0.29) is 0 Å². The van der Waals surface area contributed by atoms with Crippen LogP contribution in [0.15, 0.2) is 18.2 Å². The third kappa shape index (κ3) is 3.42. The SMILES string of the molecule is CCCOc1c(CCCN)cccc1OC. The first-order valence-corrected chi connectivity index (χ1v) is 5.82. The molecular weight excluding hydrogens is 202 g/mol. The van der Waals surface area contributed by atoms with Gasteiger partial charge in [-0.1, -0.05) is 19.1 Å². The van der Waals surface area contributed by atoms with E-state index < -0.39 is 0 Å². The lowest BCUT2D eigenvalue weighted by Crippen LogP contribution is -2.04. The lowest BCUT2D eigenvalue weighted by Gasteiger charge is -2.14. The van der Waals surface area contributed by atoms with Crippen LogP contribution in [0.25, 0.3) is 0 Å². The molecule has 3 nitrogen and oxygen atoms in total. The Morgan fingerprint density at radius 2 is 2.12 bits per heavy atom. The molecule has 0 amide bonds. The van der Waals surface area contributed by atoms with Crippen molar-refractivity contribution in [2.45, 2.75) is 26.2 Å². The van der Waals surface area contributed by atoms with Gasteiger partial charge in [0.25, 0.3) is 0 Å². The number of methoxy groups -OCH3 is 1.